The number of nitrogens with two attached hydrogens (primary N) is 1. The summed E-state index contributed by atoms with van der Waals surface area (Å²) in [7, 11) is 1.57. The van der Waals surface area contributed by atoms with Crippen molar-refractivity contribution in [3.63, 3.8) is 0 Å². The topological polar surface area (TPSA) is 93.3 Å². The van der Waals surface area contributed by atoms with Gasteiger partial charge in [-0.25, -0.2) is 9.97 Å². The van der Waals surface area contributed by atoms with E-state index in [-0.39, 0.29) is 5.92 Å². The monoisotopic (exact) mass is 268 g/mol. The Kier molecular flexibility index (Phi) is 5.98. The van der Waals surface area contributed by atoms with Gasteiger partial charge in [0.2, 0.25) is 0 Å². The van der Waals surface area contributed by atoms with E-state index in [0.717, 1.165) is 17.2 Å². The Balaban J connectivity index is 2.67. The van der Waals surface area contributed by atoms with E-state index in [4.69, 9.17) is 10.5 Å². The first kappa shape index (κ1) is 15.7. The molecule has 4 N–H and O–H groups in total. The third-order valence-corrected chi connectivity index (χ3v) is 2.85. The van der Waals surface area contributed by atoms with Gasteiger partial charge in [-0.3, -0.25) is 0 Å². The zero-order valence-corrected chi connectivity index (χ0v) is 12.1. The Morgan fingerprint density at radius 2 is 2.05 bits per heavy atom. The van der Waals surface area contributed by atoms with Crippen LogP contribution in [0.3, 0.4) is 0 Å². The molecule has 1 atom stereocenters. The average Bonchev–Trinajstić information content (AvgIpc) is 2.34. The van der Waals surface area contributed by atoms with Crippen LogP contribution in [0.5, 0.6) is 0 Å². The molecule has 1 unspecified atom stereocenters. The van der Waals surface area contributed by atoms with Gasteiger partial charge in [0.1, 0.15) is 17.5 Å². The third kappa shape index (κ3) is 4.65. The predicted molar refractivity (Wildman–Crippen MR) is 76.3 cm³/mol. The van der Waals surface area contributed by atoms with Gasteiger partial charge in [0, 0.05) is 25.1 Å². The predicted octanol–water partition coefficient (Wildman–Crippen LogP) is 1.30. The highest BCUT2D eigenvalue weighted by molar-refractivity contribution is 5.54. The normalized spacial score (nSPS) is 12.7. The molecule has 0 aliphatic heterocycles. The maximum Gasteiger partial charge on any atom is 0.135 e. The minimum absolute atomic E-state index is 0.225. The van der Waals surface area contributed by atoms with E-state index in [0.29, 0.717) is 25.4 Å². The maximum atomic E-state index is 9.57. The zero-order valence-electron chi connectivity index (χ0n) is 12.1. The summed E-state index contributed by atoms with van der Waals surface area (Å²) in [6, 6.07) is 0. The highest BCUT2D eigenvalue weighted by atomic mass is 16.5. The van der Waals surface area contributed by atoms with Crippen molar-refractivity contribution in [3.8, 4) is 0 Å². The van der Waals surface area contributed by atoms with Crippen LogP contribution in [0.1, 0.15) is 37.6 Å². The van der Waals surface area contributed by atoms with Crippen LogP contribution in [-0.4, -0.2) is 41.4 Å². The van der Waals surface area contributed by atoms with Crippen molar-refractivity contribution >= 4 is 11.6 Å². The van der Waals surface area contributed by atoms with E-state index >= 15 is 0 Å². The van der Waals surface area contributed by atoms with Crippen LogP contribution in [0.4, 0.5) is 11.6 Å². The van der Waals surface area contributed by atoms with Gasteiger partial charge < -0.3 is 20.9 Å². The molecule has 0 aliphatic rings. The molecule has 0 saturated carbocycles. The van der Waals surface area contributed by atoms with E-state index in [1.807, 2.05) is 20.8 Å². The highest BCUT2D eigenvalue weighted by Crippen LogP contribution is 2.20. The van der Waals surface area contributed by atoms with Gasteiger partial charge in [0.15, 0.2) is 0 Å². The molecule has 1 aromatic heterocycles. The summed E-state index contributed by atoms with van der Waals surface area (Å²) in [5, 5.41) is 12.8. The summed E-state index contributed by atoms with van der Waals surface area (Å²) in [5.74, 6) is 2.19. The molecule has 1 heterocycles. The highest BCUT2D eigenvalue weighted by Gasteiger charge is 2.11. The number of nitrogen functional groups attached to an aromatic ring is 1. The third-order valence-electron chi connectivity index (χ3n) is 2.85. The molecule has 19 heavy (non-hydrogen) atoms. The molecule has 1 aromatic rings. The van der Waals surface area contributed by atoms with Crippen LogP contribution in [0, 0.1) is 6.92 Å². The molecule has 0 aromatic carbocycles. The number of aromatic nitrogens is 2. The number of hydrogen-bond acceptors (Lipinski definition) is 6. The molecular formula is C13H24N4O2. The lowest BCUT2D eigenvalue weighted by Gasteiger charge is -2.14. The second kappa shape index (κ2) is 7.25. The summed E-state index contributed by atoms with van der Waals surface area (Å²) < 4.78 is 4.88. The molecule has 6 nitrogen and oxygen atoms in total. The van der Waals surface area contributed by atoms with Crippen LogP contribution in [0.25, 0.3) is 0 Å². The average molecular weight is 268 g/mol. The second-order valence-electron chi connectivity index (χ2n) is 4.92. The molecule has 0 fully saturated rings. The molecule has 0 spiro atoms. The smallest absolute Gasteiger partial charge is 0.135 e. The molecule has 0 amide bonds. The fourth-order valence-corrected chi connectivity index (χ4v) is 1.62. The first-order valence-electron chi connectivity index (χ1n) is 6.50. The first-order valence-corrected chi connectivity index (χ1v) is 6.50. The lowest BCUT2D eigenvalue weighted by molar-refractivity contribution is 0.0615. The van der Waals surface area contributed by atoms with Crippen LogP contribution >= 0.6 is 0 Å². The van der Waals surface area contributed by atoms with Crippen molar-refractivity contribution in [1.82, 2.24) is 9.97 Å². The summed E-state index contributed by atoms with van der Waals surface area (Å²) >= 11 is 0. The summed E-state index contributed by atoms with van der Waals surface area (Å²) in [6.45, 7) is 6.88. The molecule has 0 saturated heterocycles. The van der Waals surface area contributed by atoms with E-state index < -0.39 is 6.10 Å². The summed E-state index contributed by atoms with van der Waals surface area (Å²) in [6.07, 6.45) is 0.121. The van der Waals surface area contributed by atoms with Crippen molar-refractivity contribution < 1.29 is 9.84 Å². The lowest BCUT2D eigenvalue weighted by atomic mass is 10.2. The Labute approximate surface area is 114 Å². The molecule has 0 aliphatic carbocycles. The van der Waals surface area contributed by atoms with Crippen molar-refractivity contribution in [3.05, 3.63) is 11.4 Å². The van der Waals surface area contributed by atoms with E-state index in [1.165, 1.54) is 0 Å². The van der Waals surface area contributed by atoms with Gasteiger partial charge in [-0.15, -0.1) is 0 Å². The minimum Gasteiger partial charge on any atom is -0.391 e. The molecular weight excluding hydrogens is 244 g/mol. The van der Waals surface area contributed by atoms with Crippen molar-refractivity contribution in [2.45, 2.75) is 39.2 Å². The summed E-state index contributed by atoms with van der Waals surface area (Å²) in [5.41, 5.74) is 6.72. The van der Waals surface area contributed by atoms with Gasteiger partial charge in [-0.05, 0) is 13.3 Å². The number of aliphatic hydroxyl groups is 1. The summed E-state index contributed by atoms with van der Waals surface area (Å²) in [4.78, 5) is 8.72. The quantitative estimate of drug-likeness (QED) is 0.690. The zero-order chi connectivity index (χ0) is 14.4. The van der Waals surface area contributed by atoms with Gasteiger partial charge in [0.25, 0.3) is 0 Å². The van der Waals surface area contributed by atoms with Gasteiger partial charge in [-0.2, -0.15) is 0 Å². The molecule has 0 bridgehead atoms. The van der Waals surface area contributed by atoms with Gasteiger partial charge in [0.05, 0.1) is 12.7 Å². The Hall–Kier alpha value is -1.40. The standard InChI is InChI=1S/C13H24N4O2/c1-8(2)12-16-11(14)9(3)13(17-12)15-6-5-10(18)7-19-4/h8,10,18H,5-7H2,1-4H3,(H3,14,15,16,17). The van der Waals surface area contributed by atoms with Crippen LogP contribution < -0.4 is 11.1 Å². The fraction of sp³-hybridized carbons (Fsp3) is 0.692. The lowest BCUT2D eigenvalue weighted by Crippen LogP contribution is -2.19. The number of methoxy groups -OCH3 is 1. The van der Waals surface area contributed by atoms with Gasteiger partial charge in [-0.1, -0.05) is 13.8 Å². The number of nitrogens with one attached hydrogen (secondary N) is 1. The molecule has 6 heteroatoms. The first-order chi connectivity index (χ1) is 8.95. The number of hydrogen-bond donors (Lipinski definition) is 3. The SMILES string of the molecule is COCC(O)CCNc1nc(C(C)C)nc(N)c1C. The maximum absolute atomic E-state index is 9.57. The van der Waals surface area contributed by atoms with Gasteiger partial charge >= 0.3 is 0 Å². The Morgan fingerprint density at radius 1 is 1.37 bits per heavy atom. The number of aliphatic hydroxyl groups excluding tert-OH is 1. The van der Waals surface area contributed by atoms with Crippen molar-refractivity contribution in [2.24, 2.45) is 0 Å². The van der Waals surface area contributed by atoms with Crippen molar-refractivity contribution in [1.29, 1.82) is 0 Å². The van der Waals surface area contributed by atoms with E-state index in [9.17, 15) is 5.11 Å². The molecule has 1 rings (SSSR count). The fourth-order valence-electron chi connectivity index (χ4n) is 1.62. The van der Waals surface area contributed by atoms with Crippen LogP contribution in [0.2, 0.25) is 0 Å². The minimum atomic E-state index is -0.471. The second-order valence-corrected chi connectivity index (χ2v) is 4.92. The number of anilines is 2. The molecule has 0 radical (unpaired) electrons. The van der Waals surface area contributed by atoms with E-state index in [2.05, 4.69) is 15.3 Å². The molecule has 108 valence electrons. The largest absolute Gasteiger partial charge is 0.391 e. The number of rotatable bonds is 7. The number of ether oxygens (including phenoxy) is 1. The van der Waals surface area contributed by atoms with Crippen molar-refractivity contribution in [2.75, 3.05) is 31.3 Å². The van der Waals surface area contributed by atoms with Crippen LogP contribution in [0.15, 0.2) is 0 Å². The Morgan fingerprint density at radius 3 is 2.63 bits per heavy atom. The Bertz CT molecular complexity index is 410. The van der Waals surface area contributed by atoms with Crippen LogP contribution in [-0.2, 0) is 4.74 Å². The van der Waals surface area contributed by atoms with E-state index in [1.54, 1.807) is 7.11 Å². The number of nitrogens with zero attached hydrogens (tertiary/aromatic N) is 2.